The summed E-state index contributed by atoms with van der Waals surface area (Å²) in [6, 6.07) is 3.66. The Bertz CT molecular complexity index is 497. The number of halogens is 6. The molecule has 1 rings (SSSR count). The minimum Gasteiger partial charge on any atom is -0.471 e. The van der Waals surface area contributed by atoms with Crippen LogP contribution in [0.5, 0.6) is 5.75 Å². The summed E-state index contributed by atoms with van der Waals surface area (Å²) in [4.78, 5) is -0.358. The molecule has 0 aromatic heterocycles. The van der Waals surface area contributed by atoms with Crippen LogP contribution in [0.3, 0.4) is 0 Å². The molecule has 0 radical (unpaired) electrons. The Morgan fingerprint density at radius 1 is 1.15 bits per heavy atom. The number of aryl methyl sites for hydroxylation is 1. The Hall–Kier alpha value is -1.51. The summed E-state index contributed by atoms with van der Waals surface area (Å²) >= 11 is 4.57. The molecule has 0 aliphatic carbocycles. The van der Waals surface area contributed by atoms with Crippen LogP contribution in [0, 0.1) is 6.92 Å². The van der Waals surface area contributed by atoms with Crippen molar-refractivity contribution in [1.29, 1.82) is 0 Å². The van der Waals surface area contributed by atoms with Gasteiger partial charge in [0, 0.05) is 0 Å². The summed E-state index contributed by atoms with van der Waals surface area (Å²) in [6.45, 7) is 1.48. The van der Waals surface area contributed by atoms with Gasteiger partial charge in [0.15, 0.2) is 0 Å². The van der Waals surface area contributed by atoms with Crippen molar-refractivity contribution >= 4 is 17.2 Å². The highest BCUT2D eigenvalue weighted by molar-refractivity contribution is 7.80. The molecule has 112 valence electrons. The zero-order valence-electron chi connectivity index (χ0n) is 9.97. The van der Waals surface area contributed by atoms with Gasteiger partial charge in [0.2, 0.25) is 0 Å². The highest BCUT2D eigenvalue weighted by Crippen LogP contribution is 2.37. The van der Waals surface area contributed by atoms with Crippen LogP contribution in [-0.2, 0) is 0 Å². The number of benzene rings is 1. The molecule has 0 saturated heterocycles. The molecule has 0 amide bonds. The lowest BCUT2D eigenvalue weighted by atomic mass is 10.1. The molecule has 0 atom stereocenters. The van der Waals surface area contributed by atoms with Gasteiger partial charge in [-0.05, 0) is 24.6 Å². The zero-order chi connectivity index (χ0) is 15.7. The van der Waals surface area contributed by atoms with E-state index in [0.717, 1.165) is 6.07 Å². The monoisotopic (exact) mass is 317 g/mol. The molecule has 0 fully saturated rings. The van der Waals surface area contributed by atoms with E-state index in [4.69, 9.17) is 5.73 Å². The van der Waals surface area contributed by atoms with E-state index in [1.165, 1.54) is 19.1 Å². The summed E-state index contributed by atoms with van der Waals surface area (Å²) in [5.41, 5.74) is 5.46. The van der Waals surface area contributed by atoms with E-state index < -0.39 is 24.2 Å². The summed E-state index contributed by atoms with van der Waals surface area (Å²) in [6.07, 6.45) is -15.1. The van der Waals surface area contributed by atoms with E-state index in [-0.39, 0.29) is 10.6 Å². The third-order valence-corrected chi connectivity index (χ3v) is 2.46. The summed E-state index contributed by atoms with van der Waals surface area (Å²) < 4.78 is 78.7. The molecule has 0 saturated carbocycles. The predicted octanol–water partition coefficient (Wildman–Crippen LogP) is 3.50. The number of hydrogen-bond acceptors (Lipinski definition) is 2. The number of hydrogen-bond donors (Lipinski definition) is 1. The summed E-state index contributed by atoms with van der Waals surface area (Å²) in [7, 11) is 0. The van der Waals surface area contributed by atoms with Crippen molar-refractivity contribution in [2.45, 2.75) is 25.4 Å². The highest BCUT2D eigenvalue weighted by Gasteiger charge is 2.59. The molecule has 1 aromatic carbocycles. The fourth-order valence-corrected chi connectivity index (χ4v) is 1.55. The second-order valence-electron chi connectivity index (χ2n) is 3.94. The van der Waals surface area contributed by atoms with E-state index in [2.05, 4.69) is 17.0 Å². The molecule has 9 heteroatoms. The Labute approximate surface area is 115 Å². The van der Waals surface area contributed by atoms with Crippen molar-refractivity contribution in [1.82, 2.24) is 0 Å². The lowest BCUT2D eigenvalue weighted by Gasteiger charge is -2.25. The van der Waals surface area contributed by atoms with Crippen LogP contribution < -0.4 is 10.5 Å². The average Bonchev–Trinajstić information content (AvgIpc) is 2.22. The van der Waals surface area contributed by atoms with Crippen molar-refractivity contribution in [3.05, 3.63) is 29.3 Å². The average molecular weight is 317 g/mol. The molecule has 0 aliphatic rings. The smallest absolute Gasteiger partial charge is 0.434 e. The highest BCUT2D eigenvalue weighted by atomic mass is 32.1. The minimum absolute atomic E-state index is 0.191. The molecular formula is C11H9F6NOS. The van der Waals surface area contributed by atoms with Gasteiger partial charge in [-0.1, -0.05) is 18.3 Å². The van der Waals surface area contributed by atoms with Gasteiger partial charge in [0.05, 0.1) is 5.56 Å². The van der Waals surface area contributed by atoms with Crippen molar-refractivity contribution in [2.75, 3.05) is 0 Å². The van der Waals surface area contributed by atoms with E-state index in [1.54, 1.807) is 0 Å². The van der Waals surface area contributed by atoms with Crippen LogP contribution >= 0.6 is 12.2 Å². The third-order valence-electron chi connectivity index (χ3n) is 2.24. The first-order valence-electron chi connectivity index (χ1n) is 5.13. The first-order chi connectivity index (χ1) is 8.93. The second-order valence-corrected chi connectivity index (χ2v) is 4.38. The Balaban J connectivity index is 3.24. The maximum atomic E-state index is 12.4. The van der Waals surface area contributed by atoms with E-state index in [1.807, 2.05) is 0 Å². The molecule has 0 bridgehead atoms. The van der Waals surface area contributed by atoms with Gasteiger partial charge in [-0.25, -0.2) is 0 Å². The first kappa shape index (κ1) is 16.5. The summed E-state index contributed by atoms with van der Waals surface area (Å²) in [5.74, 6) is -0.655. The Morgan fingerprint density at radius 3 is 2.05 bits per heavy atom. The molecule has 0 spiro atoms. The molecule has 2 N–H and O–H groups in total. The van der Waals surface area contributed by atoms with Gasteiger partial charge in [-0.15, -0.1) is 0 Å². The first-order valence-corrected chi connectivity index (χ1v) is 5.54. The van der Waals surface area contributed by atoms with Gasteiger partial charge in [-0.2, -0.15) is 26.3 Å². The zero-order valence-corrected chi connectivity index (χ0v) is 10.8. The number of thiocarbonyl (C=S) groups is 1. The van der Waals surface area contributed by atoms with Crippen LogP contribution in [0.1, 0.15) is 11.1 Å². The number of alkyl halides is 6. The lowest BCUT2D eigenvalue weighted by Crippen LogP contribution is -2.46. The minimum atomic E-state index is -5.60. The van der Waals surface area contributed by atoms with Gasteiger partial charge < -0.3 is 10.5 Å². The van der Waals surface area contributed by atoms with Crippen molar-refractivity contribution in [3.63, 3.8) is 0 Å². The van der Waals surface area contributed by atoms with Crippen LogP contribution in [0.2, 0.25) is 0 Å². The van der Waals surface area contributed by atoms with Gasteiger partial charge >= 0.3 is 12.4 Å². The molecule has 20 heavy (non-hydrogen) atoms. The Kier molecular flexibility index (Phi) is 4.52. The number of nitrogens with two attached hydrogens (primary N) is 1. The SMILES string of the molecule is Cc1ccc(C(N)=S)c(OC(C(F)(F)F)C(F)(F)F)c1. The fraction of sp³-hybridized carbons (Fsp3) is 0.364. The maximum absolute atomic E-state index is 12.4. The third kappa shape index (κ3) is 3.99. The van der Waals surface area contributed by atoms with Crippen molar-refractivity contribution in [2.24, 2.45) is 5.73 Å². The molecule has 0 unspecified atom stereocenters. The topological polar surface area (TPSA) is 35.2 Å². The van der Waals surface area contributed by atoms with E-state index in [0.29, 0.717) is 5.56 Å². The lowest BCUT2D eigenvalue weighted by molar-refractivity contribution is -0.299. The van der Waals surface area contributed by atoms with Gasteiger partial charge in [0.25, 0.3) is 6.10 Å². The largest absolute Gasteiger partial charge is 0.471 e. The number of ether oxygens (including phenoxy) is 1. The maximum Gasteiger partial charge on any atom is 0.434 e. The molecule has 0 heterocycles. The quantitative estimate of drug-likeness (QED) is 0.684. The predicted molar refractivity (Wildman–Crippen MR) is 63.6 cm³/mol. The fourth-order valence-electron chi connectivity index (χ4n) is 1.38. The van der Waals surface area contributed by atoms with Crippen LogP contribution in [-0.4, -0.2) is 23.4 Å². The van der Waals surface area contributed by atoms with Crippen molar-refractivity contribution < 1.29 is 31.1 Å². The molecule has 0 aliphatic heterocycles. The number of rotatable bonds is 3. The Morgan fingerprint density at radius 2 is 1.65 bits per heavy atom. The molecular weight excluding hydrogens is 308 g/mol. The van der Waals surface area contributed by atoms with Crippen molar-refractivity contribution in [3.8, 4) is 5.75 Å². The normalized spacial score (nSPS) is 12.6. The van der Waals surface area contributed by atoms with Crippen LogP contribution in [0.15, 0.2) is 18.2 Å². The van der Waals surface area contributed by atoms with E-state index in [9.17, 15) is 26.3 Å². The van der Waals surface area contributed by atoms with Gasteiger partial charge in [0.1, 0.15) is 10.7 Å². The molecule has 1 aromatic rings. The standard InChI is InChI=1S/C11H9F6NOS/c1-5-2-3-6(8(18)20)7(4-5)19-9(10(12,13)14)11(15,16)17/h2-4,9H,1H3,(H2,18,20). The van der Waals surface area contributed by atoms with E-state index >= 15 is 0 Å². The second kappa shape index (κ2) is 5.47. The molecule has 2 nitrogen and oxygen atoms in total. The summed E-state index contributed by atoms with van der Waals surface area (Å²) in [5, 5.41) is 0. The van der Waals surface area contributed by atoms with Gasteiger partial charge in [-0.3, -0.25) is 0 Å². The van der Waals surface area contributed by atoms with Crippen LogP contribution in [0.25, 0.3) is 0 Å². The van der Waals surface area contributed by atoms with Crippen LogP contribution in [0.4, 0.5) is 26.3 Å².